The van der Waals surface area contributed by atoms with Gasteiger partial charge in [-0.3, -0.25) is 4.90 Å². The molecule has 1 N–H and O–H groups in total. The molecule has 3 heteroatoms. The maximum absolute atomic E-state index is 5.76. The molecule has 1 aliphatic carbocycles. The Morgan fingerprint density at radius 2 is 2.00 bits per heavy atom. The molecule has 1 heterocycles. The Kier molecular flexibility index (Phi) is 4.44. The molecular formula is C14H24N2O. The van der Waals surface area contributed by atoms with Gasteiger partial charge in [0, 0.05) is 18.6 Å². The summed E-state index contributed by atoms with van der Waals surface area (Å²) in [4.78, 5) is 2.58. The molecule has 3 nitrogen and oxygen atoms in total. The normalized spacial score (nSPS) is 26.6. The van der Waals surface area contributed by atoms with Crippen molar-refractivity contribution in [2.24, 2.45) is 0 Å². The quantitative estimate of drug-likeness (QED) is 0.743. The topological polar surface area (TPSA) is 24.5 Å². The first-order chi connectivity index (χ1) is 8.33. The van der Waals surface area contributed by atoms with E-state index < -0.39 is 0 Å². The van der Waals surface area contributed by atoms with Gasteiger partial charge in [-0.25, -0.2) is 0 Å². The third-order valence-electron chi connectivity index (χ3n) is 4.22. The van der Waals surface area contributed by atoms with Crippen LogP contribution in [0.5, 0.6) is 0 Å². The molecule has 0 spiro atoms. The van der Waals surface area contributed by atoms with E-state index in [0.29, 0.717) is 0 Å². The lowest BCUT2D eigenvalue weighted by Crippen LogP contribution is -2.61. The molecule has 0 radical (unpaired) electrons. The lowest BCUT2D eigenvalue weighted by atomic mass is 9.86. The molecule has 1 atom stereocenters. The molecule has 0 aromatic heterocycles. The van der Waals surface area contributed by atoms with Crippen molar-refractivity contribution in [2.75, 3.05) is 32.8 Å². The summed E-state index contributed by atoms with van der Waals surface area (Å²) in [5, 5.41) is 3.49. The highest BCUT2D eigenvalue weighted by molar-refractivity contribution is 5.16. The number of hydrogen-bond acceptors (Lipinski definition) is 3. The van der Waals surface area contributed by atoms with Crippen LogP contribution in [0.25, 0.3) is 0 Å². The molecule has 0 bridgehead atoms. The average molecular weight is 236 g/mol. The fraction of sp³-hybridized carbons (Fsp3) is 0.857. The lowest BCUT2D eigenvalue weighted by molar-refractivity contribution is -0.0281. The van der Waals surface area contributed by atoms with E-state index in [4.69, 9.17) is 11.2 Å². The van der Waals surface area contributed by atoms with Crippen LogP contribution in [0.2, 0.25) is 0 Å². The zero-order chi connectivity index (χ0) is 12.1. The van der Waals surface area contributed by atoms with Gasteiger partial charge in [-0.05, 0) is 19.4 Å². The van der Waals surface area contributed by atoms with Crippen molar-refractivity contribution in [3.8, 4) is 12.3 Å². The van der Waals surface area contributed by atoms with Gasteiger partial charge in [0.25, 0.3) is 0 Å². The van der Waals surface area contributed by atoms with Crippen LogP contribution < -0.4 is 5.32 Å². The Hall–Kier alpha value is -0.560. The van der Waals surface area contributed by atoms with Crippen LogP contribution in [0, 0.1) is 12.3 Å². The number of hydrogen-bond donors (Lipinski definition) is 1. The molecule has 2 aliphatic rings. The van der Waals surface area contributed by atoms with Crippen molar-refractivity contribution < 1.29 is 4.74 Å². The number of nitrogens with zero attached hydrogens (tertiary/aromatic N) is 1. The number of ether oxygens (including phenoxy) is 1. The SMILES string of the molecule is C#CC(NCC)C1(N2CCOCC2)CCCC1. The summed E-state index contributed by atoms with van der Waals surface area (Å²) >= 11 is 0. The Labute approximate surface area is 105 Å². The van der Waals surface area contributed by atoms with E-state index in [1.54, 1.807) is 0 Å². The minimum atomic E-state index is 0.188. The standard InChI is InChI=1S/C14H24N2O/c1-3-13(15-4-2)14(7-5-6-8-14)16-9-11-17-12-10-16/h1,13,15H,4-12H2,2H3. The highest BCUT2D eigenvalue weighted by Gasteiger charge is 2.45. The molecule has 0 amide bonds. The maximum atomic E-state index is 5.76. The van der Waals surface area contributed by atoms with Crippen molar-refractivity contribution in [1.29, 1.82) is 0 Å². The molecule has 1 unspecified atom stereocenters. The van der Waals surface area contributed by atoms with Crippen molar-refractivity contribution in [2.45, 2.75) is 44.2 Å². The van der Waals surface area contributed by atoms with E-state index in [0.717, 1.165) is 32.8 Å². The molecule has 2 rings (SSSR count). The summed E-state index contributed by atoms with van der Waals surface area (Å²) in [5.74, 6) is 2.99. The average Bonchev–Trinajstić information content (AvgIpc) is 2.87. The summed E-state index contributed by atoms with van der Waals surface area (Å²) in [6.45, 7) is 6.84. The number of likely N-dealkylation sites (N-methyl/N-ethyl adjacent to an activating group) is 1. The molecule has 96 valence electrons. The molecule has 17 heavy (non-hydrogen) atoms. The van der Waals surface area contributed by atoms with E-state index in [-0.39, 0.29) is 11.6 Å². The van der Waals surface area contributed by atoms with Gasteiger partial charge in [0.2, 0.25) is 0 Å². The number of morpholine rings is 1. The predicted octanol–water partition coefficient (Wildman–Crippen LogP) is 1.24. The van der Waals surface area contributed by atoms with Gasteiger partial charge in [-0.15, -0.1) is 6.42 Å². The third kappa shape index (κ3) is 2.49. The fourth-order valence-electron chi connectivity index (χ4n) is 3.39. The highest BCUT2D eigenvalue weighted by Crippen LogP contribution is 2.38. The van der Waals surface area contributed by atoms with Crippen molar-refractivity contribution in [3.05, 3.63) is 0 Å². The molecule has 2 fully saturated rings. The van der Waals surface area contributed by atoms with Gasteiger partial charge in [0.1, 0.15) is 0 Å². The monoisotopic (exact) mass is 236 g/mol. The van der Waals surface area contributed by atoms with Gasteiger partial charge in [0.05, 0.1) is 19.3 Å². The minimum absolute atomic E-state index is 0.188. The van der Waals surface area contributed by atoms with E-state index >= 15 is 0 Å². The second-order valence-electron chi connectivity index (χ2n) is 5.07. The Balaban J connectivity index is 2.15. The number of terminal acetylenes is 1. The third-order valence-corrected chi connectivity index (χ3v) is 4.22. The Morgan fingerprint density at radius 1 is 1.35 bits per heavy atom. The van der Waals surface area contributed by atoms with E-state index in [9.17, 15) is 0 Å². The van der Waals surface area contributed by atoms with Crippen molar-refractivity contribution in [1.82, 2.24) is 10.2 Å². The molecule has 1 saturated heterocycles. The van der Waals surface area contributed by atoms with Crippen LogP contribution in [0.4, 0.5) is 0 Å². The van der Waals surface area contributed by atoms with Crippen molar-refractivity contribution in [3.63, 3.8) is 0 Å². The predicted molar refractivity (Wildman–Crippen MR) is 69.9 cm³/mol. The molecule has 1 aliphatic heterocycles. The molecular weight excluding hydrogens is 212 g/mol. The van der Waals surface area contributed by atoms with Crippen LogP contribution >= 0.6 is 0 Å². The minimum Gasteiger partial charge on any atom is -0.379 e. The van der Waals surface area contributed by atoms with Crippen LogP contribution in [-0.4, -0.2) is 49.3 Å². The van der Waals surface area contributed by atoms with Crippen LogP contribution in [0.3, 0.4) is 0 Å². The van der Waals surface area contributed by atoms with E-state index in [1.165, 1.54) is 25.7 Å². The van der Waals surface area contributed by atoms with Gasteiger partial charge >= 0.3 is 0 Å². The maximum Gasteiger partial charge on any atom is 0.0873 e. The highest BCUT2D eigenvalue weighted by atomic mass is 16.5. The summed E-state index contributed by atoms with van der Waals surface area (Å²) in [6, 6.07) is 0.188. The zero-order valence-corrected chi connectivity index (χ0v) is 10.9. The first-order valence-corrected chi connectivity index (χ1v) is 6.86. The summed E-state index contributed by atoms with van der Waals surface area (Å²) < 4.78 is 5.46. The number of rotatable bonds is 4. The first kappa shape index (κ1) is 12.9. The summed E-state index contributed by atoms with van der Waals surface area (Å²) in [6.07, 6.45) is 10.8. The Bertz CT molecular complexity index is 272. The van der Waals surface area contributed by atoms with Crippen LogP contribution in [0.15, 0.2) is 0 Å². The van der Waals surface area contributed by atoms with E-state index in [1.807, 2.05) is 0 Å². The zero-order valence-electron chi connectivity index (χ0n) is 10.9. The summed E-state index contributed by atoms with van der Waals surface area (Å²) in [5.41, 5.74) is 0.189. The molecule has 0 aromatic carbocycles. The van der Waals surface area contributed by atoms with Gasteiger partial charge < -0.3 is 10.1 Å². The van der Waals surface area contributed by atoms with Gasteiger partial charge in [0.15, 0.2) is 0 Å². The van der Waals surface area contributed by atoms with Gasteiger partial charge in [-0.1, -0.05) is 25.7 Å². The van der Waals surface area contributed by atoms with Gasteiger partial charge in [-0.2, -0.15) is 0 Å². The second-order valence-corrected chi connectivity index (χ2v) is 5.07. The fourth-order valence-corrected chi connectivity index (χ4v) is 3.39. The van der Waals surface area contributed by atoms with E-state index in [2.05, 4.69) is 23.1 Å². The largest absolute Gasteiger partial charge is 0.379 e. The first-order valence-electron chi connectivity index (χ1n) is 6.86. The summed E-state index contributed by atoms with van der Waals surface area (Å²) in [7, 11) is 0. The smallest absolute Gasteiger partial charge is 0.0873 e. The number of nitrogens with one attached hydrogen (secondary N) is 1. The van der Waals surface area contributed by atoms with Crippen LogP contribution in [-0.2, 0) is 4.74 Å². The van der Waals surface area contributed by atoms with Crippen molar-refractivity contribution >= 4 is 0 Å². The molecule has 0 aromatic rings. The lowest BCUT2D eigenvalue weighted by Gasteiger charge is -2.46. The van der Waals surface area contributed by atoms with Crippen LogP contribution in [0.1, 0.15) is 32.6 Å². The Morgan fingerprint density at radius 3 is 2.53 bits per heavy atom. The molecule has 1 saturated carbocycles. The second kappa shape index (κ2) is 5.86.